The van der Waals surface area contributed by atoms with Crippen LogP contribution >= 0.6 is 0 Å². The summed E-state index contributed by atoms with van der Waals surface area (Å²) >= 11 is 0. The van der Waals surface area contributed by atoms with Crippen LogP contribution < -0.4 is 5.32 Å². The average molecular weight is 191 g/mol. The van der Waals surface area contributed by atoms with Crippen molar-refractivity contribution in [3.63, 3.8) is 0 Å². The molecular weight excluding hydrogens is 174 g/mol. The Morgan fingerprint density at radius 2 is 1.79 bits per heavy atom. The highest BCUT2D eigenvalue weighted by atomic mass is 16.1. The Bertz CT molecular complexity index is 285. The van der Waals surface area contributed by atoms with E-state index in [0.717, 1.165) is 5.57 Å². The molecule has 0 saturated heterocycles. The van der Waals surface area contributed by atoms with E-state index in [-0.39, 0.29) is 5.91 Å². The van der Waals surface area contributed by atoms with Gasteiger partial charge in [-0.1, -0.05) is 37.5 Å². The van der Waals surface area contributed by atoms with Crippen LogP contribution in [0.4, 0.5) is 0 Å². The first-order valence-corrected chi connectivity index (χ1v) is 4.52. The van der Waals surface area contributed by atoms with Crippen LogP contribution in [0.3, 0.4) is 0 Å². The molecular formula is C12H17NO. The molecule has 76 valence electrons. The molecule has 0 rings (SSSR count). The van der Waals surface area contributed by atoms with Crippen molar-refractivity contribution >= 4 is 5.91 Å². The van der Waals surface area contributed by atoms with Crippen LogP contribution in [0.5, 0.6) is 0 Å². The molecule has 0 radical (unpaired) electrons. The van der Waals surface area contributed by atoms with Crippen LogP contribution in [0, 0.1) is 0 Å². The number of hydrogen-bond acceptors (Lipinski definition) is 1. The van der Waals surface area contributed by atoms with Crippen molar-refractivity contribution in [2.24, 2.45) is 0 Å². The van der Waals surface area contributed by atoms with Gasteiger partial charge in [0.2, 0.25) is 0 Å². The first kappa shape index (κ1) is 12.4. The van der Waals surface area contributed by atoms with E-state index in [4.69, 9.17) is 0 Å². The molecule has 0 atom stereocenters. The zero-order valence-electron chi connectivity index (χ0n) is 8.84. The fraction of sp³-hybridized carbons (Fsp3) is 0.250. The van der Waals surface area contributed by atoms with Gasteiger partial charge >= 0.3 is 0 Å². The van der Waals surface area contributed by atoms with E-state index >= 15 is 0 Å². The number of carbonyl (C=O) groups is 1. The molecule has 0 unspecified atom stereocenters. The van der Waals surface area contributed by atoms with Crippen LogP contribution in [0.25, 0.3) is 0 Å². The zero-order chi connectivity index (χ0) is 11.0. The first-order valence-electron chi connectivity index (χ1n) is 4.52. The summed E-state index contributed by atoms with van der Waals surface area (Å²) in [6.45, 7) is 11.6. The molecule has 0 aromatic heterocycles. The van der Waals surface area contributed by atoms with Gasteiger partial charge in [-0.3, -0.25) is 4.79 Å². The van der Waals surface area contributed by atoms with Gasteiger partial charge in [-0.2, -0.15) is 0 Å². The molecule has 0 heterocycles. The van der Waals surface area contributed by atoms with Gasteiger partial charge in [0.25, 0.3) is 5.91 Å². The van der Waals surface area contributed by atoms with Crippen molar-refractivity contribution < 1.29 is 4.79 Å². The predicted molar refractivity (Wildman–Crippen MR) is 60.9 cm³/mol. The van der Waals surface area contributed by atoms with Gasteiger partial charge in [0.1, 0.15) is 0 Å². The van der Waals surface area contributed by atoms with E-state index in [1.54, 1.807) is 12.2 Å². The van der Waals surface area contributed by atoms with Gasteiger partial charge in [-0.05, 0) is 19.4 Å². The molecule has 2 nitrogen and oxygen atoms in total. The van der Waals surface area contributed by atoms with Gasteiger partial charge in [-0.15, -0.1) is 0 Å². The van der Waals surface area contributed by atoms with Crippen LogP contribution in [-0.4, -0.2) is 12.5 Å². The van der Waals surface area contributed by atoms with Crippen molar-refractivity contribution in [3.8, 4) is 0 Å². The van der Waals surface area contributed by atoms with Crippen LogP contribution in [0.2, 0.25) is 0 Å². The summed E-state index contributed by atoms with van der Waals surface area (Å²) in [5, 5.41) is 2.71. The smallest absolute Gasteiger partial charge is 0.250 e. The molecule has 0 aliphatic heterocycles. The van der Waals surface area contributed by atoms with Crippen molar-refractivity contribution in [2.45, 2.75) is 13.8 Å². The maximum Gasteiger partial charge on any atom is 0.250 e. The van der Waals surface area contributed by atoms with Gasteiger partial charge in [0, 0.05) is 12.1 Å². The molecule has 0 spiro atoms. The topological polar surface area (TPSA) is 29.1 Å². The summed E-state index contributed by atoms with van der Waals surface area (Å²) < 4.78 is 0. The first-order chi connectivity index (χ1) is 6.61. The van der Waals surface area contributed by atoms with Gasteiger partial charge in [-0.25, -0.2) is 0 Å². The van der Waals surface area contributed by atoms with E-state index in [9.17, 15) is 4.79 Å². The van der Waals surface area contributed by atoms with Crippen LogP contribution in [0.1, 0.15) is 13.8 Å². The minimum absolute atomic E-state index is 0.159. The predicted octanol–water partition coefficient (Wildman–Crippen LogP) is 2.37. The second kappa shape index (κ2) is 6.89. The molecule has 0 aliphatic carbocycles. The van der Waals surface area contributed by atoms with Crippen molar-refractivity contribution in [3.05, 3.63) is 48.6 Å². The number of amides is 1. The molecule has 0 aliphatic rings. The highest BCUT2D eigenvalue weighted by Crippen LogP contribution is 1.95. The van der Waals surface area contributed by atoms with Gasteiger partial charge in [0.05, 0.1) is 0 Å². The normalized spacial score (nSPS) is 10.7. The lowest BCUT2D eigenvalue weighted by Crippen LogP contribution is -2.25. The lowest BCUT2D eigenvalue weighted by atomic mass is 10.2. The SMILES string of the molecule is C=C(C=CC)CNC(=O)C(=C)C=CC. The van der Waals surface area contributed by atoms with Crippen LogP contribution in [-0.2, 0) is 4.79 Å². The van der Waals surface area contributed by atoms with E-state index in [0.29, 0.717) is 12.1 Å². The maximum absolute atomic E-state index is 11.3. The summed E-state index contributed by atoms with van der Waals surface area (Å²) in [6.07, 6.45) is 7.20. The number of allylic oxidation sites excluding steroid dienone is 2. The minimum Gasteiger partial charge on any atom is -0.348 e. The Labute approximate surface area is 85.7 Å². The van der Waals surface area contributed by atoms with Crippen LogP contribution in [0.15, 0.2) is 48.6 Å². The molecule has 14 heavy (non-hydrogen) atoms. The molecule has 0 aromatic carbocycles. The van der Waals surface area contributed by atoms with E-state index in [1.807, 2.05) is 26.0 Å². The minimum atomic E-state index is -0.159. The van der Waals surface area contributed by atoms with E-state index in [2.05, 4.69) is 18.5 Å². The highest BCUT2D eigenvalue weighted by Gasteiger charge is 2.01. The van der Waals surface area contributed by atoms with Crippen molar-refractivity contribution in [2.75, 3.05) is 6.54 Å². The maximum atomic E-state index is 11.3. The number of hydrogen-bond donors (Lipinski definition) is 1. The largest absolute Gasteiger partial charge is 0.348 e. The average Bonchev–Trinajstić information content (AvgIpc) is 2.15. The molecule has 1 N–H and O–H groups in total. The summed E-state index contributed by atoms with van der Waals surface area (Å²) in [4.78, 5) is 11.3. The van der Waals surface area contributed by atoms with Gasteiger partial charge < -0.3 is 5.32 Å². The Morgan fingerprint density at radius 3 is 2.29 bits per heavy atom. The third-order valence-electron chi connectivity index (χ3n) is 1.54. The Hall–Kier alpha value is -1.57. The summed E-state index contributed by atoms with van der Waals surface area (Å²) in [5.41, 5.74) is 1.33. The molecule has 0 bridgehead atoms. The molecule has 0 aromatic rings. The van der Waals surface area contributed by atoms with E-state index < -0.39 is 0 Å². The lowest BCUT2D eigenvalue weighted by Gasteiger charge is -2.04. The molecule has 0 fully saturated rings. The highest BCUT2D eigenvalue weighted by molar-refractivity contribution is 5.95. The molecule has 1 amide bonds. The Kier molecular flexibility index (Phi) is 6.12. The number of nitrogens with one attached hydrogen (secondary N) is 1. The standard InChI is InChI=1S/C12H17NO/c1-5-7-10(3)9-13-12(14)11(4)8-6-2/h5-8H,3-4,9H2,1-2H3,(H,13,14). The Balaban J connectivity index is 3.97. The Morgan fingerprint density at radius 1 is 1.21 bits per heavy atom. The molecule has 2 heteroatoms. The second-order valence-electron chi connectivity index (χ2n) is 2.87. The monoisotopic (exact) mass is 191 g/mol. The molecule has 0 saturated carbocycles. The summed E-state index contributed by atoms with van der Waals surface area (Å²) in [5.74, 6) is -0.159. The fourth-order valence-corrected chi connectivity index (χ4v) is 0.879. The third kappa shape index (κ3) is 5.14. The lowest BCUT2D eigenvalue weighted by molar-refractivity contribution is -0.117. The summed E-state index contributed by atoms with van der Waals surface area (Å²) in [7, 11) is 0. The number of rotatable bonds is 5. The third-order valence-corrected chi connectivity index (χ3v) is 1.54. The number of carbonyl (C=O) groups excluding carboxylic acids is 1. The summed E-state index contributed by atoms with van der Waals surface area (Å²) in [6, 6.07) is 0. The van der Waals surface area contributed by atoms with Crippen molar-refractivity contribution in [1.82, 2.24) is 5.32 Å². The zero-order valence-corrected chi connectivity index (χ0v) is 8.84. The van der Waals surface area contributed by atoms with Crippen molar-refractivity contribution in [1.29, 1.82) is 0 Å². The second-order valence-corrected chi connectivity index (χ2v) is 2.87. The fourth-order valence-electron chi connectivity index (χ4n) is 0.879. The quantitative estimate of drug-likeness (QED) is 0.524. The van der Waals surface area contributed by atoms with E-state index in [1.165, 1.54) is 0 Å². The van der Waals surface area contributed by atoms with Gasteiger partial charge in [0.15, 0.2) is 0 Å².